The first kappa shape index (κ1) is 26.5. The standard InChI is InChI=1S/C27H31N9O2S/c1-20-17-29-27(31-23-6-4-3-5-7-23)32-26(20)22-18-30-36(19-22)24(8-12-28)16-21-9-14-35(15-10-21)39(37,38)25-11-13-34(2)33-25/h3-7,11,13,17-19,21,24H,8-10,14-16H2,1-2H3,(H,29,31,32). The van der Waals surface area contributed by atoms with E-state index >= 15 is 0 Å². The fourth-order valence-electron chi connectivity index (χ4n) is 4.93. The van der Waals surface area contributed by atoms with Gasteiger partial charge in [-0.1, -0.05) is 18.2 Å². The first-order valence-electron chi connectivity index (χ1n) is 12.9. The van der Waals surface area contributed by atoms with Gasteiger partial charge in [0, 0.05) is 50.0 Å². The summed E-state index contributed by atoms with van der Waals surface area (Å²) < 4.78 is 30.7. The minimum Gasteiger partial charge on any atom is -0.324 e. The second-order valence-corrected chi connectivity index (χ2v) is 11.7. The zero-order valence-corrected chi connectivity index (χ0v) is 22.8. The molecule has 4 aromatic rings. The highest BCUT2D eigenvalue weighted by atomic mass is 32.2. The lowest BCUT2D eigenvalue weighted by molar-refractivity contribution is 0.232. The lowest BCUT2D eigenvalue weighted by atomic mass is 9.90. The van der Waals surface area contributed by atoms with Crippen molar-refractivity contribution >= 4 is 21.7 Å². The van der Waals surface area contributed by atoms with Gasteiger partial charge in [-0.2, -0.15) is 19.8 Å². The summed E-state index contributed by atoms with van der Waals surface area (Å²) in [5.41, 5.74) is 3.45. The summed E-state index contributed by atoms with van der Waals surface area (Å²) in [7, 11) is -1.89. The first-order valence-corrected chi connectivity index (χ1v) is 14.3. The van der Waals surface area contributed by atoms with Crippen LogP contribution in [0.3, 0.4) is 0 Å². The normalized spacial score (nSPS) is 15.6. The minimum atomic E-state index is -3.60. The molecular weight excluding hydrogens is 514 g/mol. The number of aryl methyl sites for hydroxylation is 2. The predicted octanol–water partition coefficient (Wildman–Crippen LogP) is 4.07. The summed E-state index contributed by atoms with van der Waals surface area (Å²) in [4.78, 5) is 9.13. The van der Waals surface area contributed by atoms with Crippen molar-refractivity contribution in [1.82, 2.24) is 33.8 Å². The van der Waals surface area contributed by atoms with Crippen LogP contribution in [0, 0.1) is 24.2 Å². The summed E-state index contributed by atoms with van der Waals surface area (Å²) in [6.45, 7) is 2.83. The van der Waals surface area contributed by atoms with Gasteiger partial charge in [-0.05, 0) is 55.9 Å². The largest absolute Gasteiger partial charge is 0.324 e. The molecule has 202 valence electrons. The molecule has 1 fully saturated rings. The van der Waals surface area contributed by atoms with E-state index in [1.165, 1.54) is 15.1 Å². The van der Waals surface area contributed by atoms with E-state index in [-0.39, 0.29) is 17.0 Å². The Morgan fingerprint density at radius 3 is 2.62 bits per heavy atom. The SMILES string of the molecule is Cc1cnc(Nc2ccccc2)nc1-c1cnn(C(CC#N)CC2CCN(S(=O)(=O)c3ccn(C)n3)CC2)c1. The van der Waals surface area contributed by atoms with Gasteiger partial charge >= 0.3 is 0 Å². The summed E-state index contributed by atoms with van der Waals surface area (Å²) in [6, 6.07) is 13.4. The maximum absolute atomic E-state index is 12.9. The van der Waals surface area contributed by atoms with Gasteiger partial charge < -0.3 is 5.32 Å². The highest BCUT2D eigenvalue weighted by Gasteiger charge is 2.32. The Hall–Kier alpha value is -4.08. The molecule has 0 aliphatic carbocycles. The van der Waals surface area contributed by atoms with Crippen LogP contribution in [0.4, 0.5) is 11.6 Å². The lowest BCUT2D eigenvalue weighted by Gasteiger charge is -2.32. The summed E-state index contributed by atoms with van der Waals surface area (Å²) in [6.07, 6.45) is 9.63. The third-order valence-corrected chi connectivity index (χ3v) is 8.84. The van der Waals surface area contributed by atoms with Gasteiger partial charge in [0.05, 0.1) is 30.4 Å². The van der Waals surface area contributed by atoms with Crippen LogP contribution < -0.4 is 5.32 Å². The maximum atomic E-state index is 12.9. The van der Waals surface area contributed by atoms with Crippen molar-refractivity contribution in [2.75, 3.05) is 18.4 Å². The number of para-hydroxylation sites is 1. The molecule has 3 aromatic heterocycles. The Labute approximate surface area is 228 Å². The van der Waals surface area contributed by atoms with Gasteiger partial charge in [0.15, 0.2) is 5.03 Å². The Morgan fingerprint density at radius 2 is 1.92 bits per heavy atom. The Kier molecular flexibility index (Phi) is 7.72. The summed E-state index contributed by atoms with van der Waals surface area (Å²) in [5.74, 6) is 0.782. The molecule has 4 heterocycles. The number of sulfonamides is 1. The van der Waals surface area contributed by atoms with Gasteiger partial charge in [0.2, 0.25) is 5.95 Å². The molecule has 1 aromatic carbocycles. The van der Waals surface area contributed by atoms with E-state index in [1.807, 2.05) is 48.1 Å². The highest BCUT2D eigenvalue weighted by Crippen LogP contribution is 2.32. The fraction of sp³-hybridized carbons (Fsp3) is 0.370. The number of rotatable bonds is 9. The molecule has 5 rings (SSSR count). The molecule has 0 radical (unpaired) electrons. The van der Waals surface area contributed by atoms with Crippen LogP contribution in [0.5, 0.6) is 0 Å². The van der Waals surface area contributed by atoms with E-state index < -0.39 is 10.0 Å². The lowest BCUT2D eigenvalue weighted by Crippen LogP contribution is -2.39. The molecule has 1 saturated heterocycles. The van der Waals surface area contributed by atoms with Gasteiger partial charge in [-0.15, -0.1) is 0 Å². The van der Waals surface area contributed by atoms with Crippen molar-refractivity contribution in [3.05, 3.63) is 66.7 Å². The number of benzene rings is 1. The van der Waals surface area contributed by atoms with Crippen molar-refractivity contribution in [2.24, 2.45) is 13.0 Å². The molecule has 12 heteroatoms. The van der Waals surface area contributed by atoms with Crippen molar-refractivity contribution in [3.8, 4) is 17.3 Å². The van der Waals surface area contributed by atoms with E-state index in [2.05, 4.69) is 26.6 Å². The molecule has 1 unspecified atom stereocenters. The molecule has 1 aliphatic rings. The van der Waals surface area contributed by atoms with Gasteiger partial charge in [-0.25, -0.2) is 18.4 Å². The molecule has 1 aliphatic heterocycles. The number of nitrogens with one attached hydrogen (secondary N) is 1. The Balaban J connectivity index is 1.26. The van der Waals surface area contributed by atoms with E-state index in [9.17, 15) is 13.7 Å². The second-order valence-electron chi connectivity index (χ2n) is 9.85. The number of nitriles is 1. The third-order valence-electron chi connectivity index (χ3n) is 7.05. The van der Waals surface area contributed by atoms with Crippen LogP contribution >= 0.6 is 0 Å². The van der Waals surface area contributed by atoms with Crippen molar-refractivity contribution in [1.29, 1.82) is 5.26 Å². The molecule has 0 spiro atoms. The van der Waals surface area contributed by atoms with Gasteiger partial charge in [0.1, 0.15) is 0 Å². The molecule has 39 heavy (non-hydrogen) atoms. The quantitative estimate of drug-likeness (QED) is 0.333. The number of anilines is 2. The van der Waals surface area contributed by atoms with E-state index in [4.69, 9.17) is 4.98 Å². The van der Waals surface area contributed by atoms with Crippen LogP contribution in [0.1, 0.15) is 37.3 Å². The first-order chi connectivity index (χ1) is 18.8. The number of hydrogen-bond acceptors (Lipinski definition) is 8. The van der Waals surface area contributed by atoms with Crippen LogP contribution in [0.25, 0.3) is 11.3 Å². The second kappa shape index (κ2) is 11.3. The summed E-state index contributed by atoms with van der Waals surface area (Å²) >= 11 is 0. The maximum Gasteiger partial charge on any atom is 0.262 e. The van der Waals surface area contributed by atoms with Crippen molar-refractivity contribution in [3.63, 3.8) is 0 Å². The topological polar surface area (TPSA) is 135 Å². The van der Waals surface area contributed by atoms with Crippen molar-refractivity contribution in [2.45, 2.75) is 43.7 Å². The highest BCUT2D eigenvalue weighted by molar-refractivity contribution is 7.89. The molecule has 1 atom stereocenters. The van der Waals surface area contributed by atoms with E-state index in [1.54, 1.807) is 25.6 Å². The zero-order chi connectivity index (χ0) is 27.4. The summed E-state index contributed by atoms with van der Waals surface area (Å²) in [5, 5.41) is 21.5. The van der Waals surface area contributed by atoms with Crippen LogP contribution in [-0.2, 0) is 17.1 Å². The number of nitrogens with zero attached hydrogens (tertiary/aromatic N) is 8. The van der Waals surface area contributed by atoms with Crippen LogP contribution in [0.2, 0.25) is 0 Å². The average Bonchev–Trinajstić information content (AvgIpc) is 3.60. The minimum absolute atomic E-state index is 0.0806. The van der Waals surface area contributed by atoms with Crippen LogP contribution in [0.15, 0.2) is 66.2 Å². The van der Waals surface area contributed by atoms with E-state index in [0.29, 0.717) is 25.5 Å². The van der Waals surface area contributed by atoms with Crippen molar-refractivity contribution < 1.29 is 8.42 Å². The molecule has 0 bridgehead atoms. The third kappa shape index (κ3) is 6.00. The molecule has 11 nitrogen and oxygen atoms in total. The zero-order valence-electron chi connectivity index (χ0n) is 22.0. The fourth-order valence-corrected chi connectivity index (χ4v) is 6.35. The molecule has 0 amide bonds. The van der Waals surface area contributed by atoms with Gasteiger partial charge in [-0.3, -0.25) is 9.36 Å². The van der Waals surface area contributed by atoms with Gasteiger partial charge in [0.25, 0.3) is 10.0 Å². The smallest absolute Gasteiger partial charge is 0.262 e. The molecule has 1 N–H and O–H groups in total. The molecular formula is C27H31N9O2S. The monoisotopic (exact) mass is 545 g/mol. The molecule has 0 saturated carbocycles. The number of aromatic nitrogens is 6. The van der Waals surface area contributed by atoms with E-state index in [0.717, 1.165) is 41.8 Å². The van der Waals surface area contributed by atoms with Crippen LogP contribution in [-0.4, -0.2) is 55.3 Å². The Morgan fingerprint density at radius 1 is 1.15 bits per heavy atom. The predicted molar refractivity (Wildman–Crippen MR) is 146 cm³/mol. The average molecular weight is 546 g/mol. The number of hydrogen-bond donors (Lipinski definition) is 1. The Bertz CT molecular complexity index is 1570. The number of piperidine rings is 1.